The Balaban J connectivity index is 1.76. The second-order valence-electron chi connectivity index (χ2n) is 5.44. The van der Waals surface area contributed by atoms with Crippen LogP contribution in [-0.4, -0.2) is 33.8 Å². The zero-order valence-corrected chi connectivity index (χ0v) is 13.6. The lowest BCUT2D eigenvalue weighted by atomic mass is 10.2. The molecular weight excluding hydrogens is 354 g/mol. The van der Waals surface area contributed by atoms with E-state index in [4.69, 9.17) is 9.47 Å². The van der Waals surface area contributed by atoms with Crippen molar-refractivity contribution in [2.75, 3.05) is 18.5 Å². The lowest BCUT2D eigenvalue weighted by Gasteiger charge is -2.19. The van der Waals surface area contributed by atoms with E-state index in [0.29, 0.717) is 30.4 Å². The Morgan fingerprint density at radius 1 is 1.38 bits per heavy atom. The van der Waals surface area contributed by atoms with Gasteiger partial charge in [0.2, 0.25) is 11.6 Å². The number of amides is 1. The number of nitrogens with one attached hydrogen (secondary N) is 1. The molecule has 11 heteroatoms. The van der Waals surface area contributed by atoms with Crippen LogP contribution in [0.15, 0.2) is 18.2 Å². The molecule has 1 aliphatic heterocycles. The fourth-order valence-electron chi connectivity index (χ4n) is 2.54. The Labute approximate surface area is 145 Å². The molecule has 1 aliphatic rings. The van der Waals surface area contributed by atoms with Gasteiger partial charge < -0.3 is 14.8 Å². The highest BCUT2D eigenvalue weighted by Gasteiger charge is 2.31. The maximum absolute atomic E-state index is 12.9. The lowest BCUT2D eigenvalue weighted by molar-refractivity contribution is -0.386. The molecule has 2 aromatic rings. The smallest absolute Gasteiger partial charge is 0.319 e. The molecule has 0 radical (unpaired) electrons. The molecule has 1 amide bonds. The summed E-state index contributed by atoms with van der Waals surface area (Å²) in [5.74, 6) is 0.442. The number of carbonyl (C=O) groups excluding carboxylic acids is 1. The zero-order valence-electron chi connectivity index (χ0n) is 13.6. The minimum atomic E-state index is -3.11. The molecule has 0 aliphatic carbocycles. The molecular formula is C15H14F2N4O5. The molecule has 1 aromatic carbocycles. The first-order chi connectivity index (χ1) is 12.4. The Kier molecular flexibility index (Phi) is 4.69. The highest BCUT2D eigenvalue weighted by Crippen LogP contribution is 2.33. The number of fused-ring (bicyclic) bond motifs is 1. The molecule has 3 rings (SSSR count). The van der Waals surface area contributed by atoms with E-state index in [2.05, 4.69) is 10.4 Å². The number of hydrogen-bond donors (Lipinski definition) is 1. The Morgan fingerprint density at radius 3 is 2.69 bits per heavy atom. The van der Waals surface area contributed by atoms with Crippen molar-refractivity contribution >= 4 is 17.3 Å². The van der Waals surface area contributed by atoms with Crippen molar-refractivity contribution in [1.82, 2.24) is 9.78 Å². The molecule has 1 N–H and O–H groups in total. The first-order valence-electron chi connectivity index (χ1n) is 7.56. The van der Waals surface area contributed by atoms with E-state index in [1.54, 1.807) is 18.2 Å². The maximum atomic E-state index is 12.9. The summed E-state index contributed by atoms with van der Waals surface area (Å²) >= 11 is 0. The molecule has 0 spiro atoms. The fraction of sp³-hybridized carbons (Fsp3) is 0.333. The van der Waals surface area contributed by atoms with E-state index in [0.717, 1.165) is 4.68 Å². The molecule has 0 unspecified atom stereocenters. The number of benzene rings is 1. The monoisotopic (exact) mass is 368 g/mol. The van der Waals surface area contributed by atoms with Gasteiger partial charge in [-0.2, -0.15) is 5.10 Å². The van der Waals surface area contributed by atoms with Gasteiger partial charge in [0.1, 0.15) is 25.5 Å². The first kappa shape index (κ1) is 17.6. The van der Waals surface area contributed by atoms with Crippen LogP contribution in [0.3, 0.4) is 0 Å². The first-order valence-corrected chi connectivity index (χ1v) is 7.56. The molecule has 1 aromatic heterocycles. The van der Waals surface area contributed by atoms with Crippen molar-refractivity contribution in [3.8, 4) is 11.5 Å². The minimum absolute atomic E-state index is 0.123. The second kappa shape index (κ2) is 6.94. The summed E-state index contributed by atoms with van der Waals surface area (Å²) in [5, 5.41) is 17.0. The van der Waals surface area contributed by atoms with Crippen LogP contribution in [0.25, 0.3) is 0 Å². The average molecular weight is 368 g/mol. The van der Waals surface area contributed by atoms with Crippen molar-refractivity contribution < 1.29 is 28.0 Å². The highest BCUT2D eigenvalue weighted by molar-refractivity contribution is 5.91. The van der Waals surface area contributed by atoms with Crippen molar-refractivity contribution in [2.24, 2.45) is 0 Å². The number of ether oxygens (including phenoxy) is 2. The molecule has 138 valence electrons. The lowest BCUT2D eigenvalue weighted by Crippen LogP contribution is -2.21. The third-order valence-corrected chi connectivity index (χ3v) is 3.71. The van der Waals surface area contributed by atoms with E-state index in [-0.39, 0.29) is 5.69 Å². The van der Waals surface area contributed by atoms with Crippen molar-refractivity contribution in [1.29, 1.82) is 0 Å². The van der Waals surface area contributed by atoms with Gasteiger partial charge in [0, 0.05) is 11.8 Å². The molecule has 0 saturated carbocycles. The summed E-state index contributed by atoms with van der Waals surface area (Å²) in [6.07, 6.45) is -3.11. The van der Waals surface area contributed by atoms with Gasteiger partial charge >= 0.3 is 5.69 Å². The standard InChI is InChI=1S/C15H14F2N4O5/c1-8-14(21(23)24)13(15(16)17)19-20(8)7-12(22)18-9-2-3-10-11(6-9)26-5-4-25-10/h2-3,6,15H,4-5,7H2,1H3,(H,18,22). The van der Waals surface area contributed by atoms with Crippen LogP contribution in [0.4, 0.5) is 20.2 Å². The number of nitro groups is 1. The van der Waals surface area contributed by atoms with Crippen LogP contribution >= 0.6 is 0 Å². The predicted octanol–water partition coefficient (Wildman–Crippen LogP) is 2.45. The zero-order chi connectivity index (χ0) is 18.8. The quantitative estimate of drug-likeness (QED) is 0.641. The Bertz CT molecular complexity index is 868. The van der Waals surface area contributed by atoms with E-state index in [1.807, 2.05) is 0 Å². The number of aromatic nitrogens is 2. The molecule has 0 fully saturated rings. The van der Waals surface area contributed by atoms with Gasteiger partial charge in [-0.3, -0.25) is 19.6 Å². The number of alkyl halides is 2. The molecule has 2 heterocycles. The van der Waals surface area contributed by atoms with E-state index in [9.17, 15) is 23.7 Å². The van der Waals surface area contributed by atoms with Crippen LogP contribution in [0, 0.1) is 17.0 Å². The topological polar surface area (TPSA) is 109 Å². The summed E-state index contributed by atoms with van der Waals surface area (Å²) in [6, 6.07) is 4.78. The van der Waals surface area contributed by atoms with Gasteiger partial charge in [0.25, 0.3) is 6.43 Å². The number of halogens is 2. The van der Waals surface area contributed by atoms with Crippen LogP contribution in [0.5, 0.6) is 11.5 Å². The third-order valence-electron chi connectivity index (χ3n) is 3.71. The molecule has 0 atom stereocenters. The van der Waals surface area contributed by atoms with Crippen molar-refractivity contribution in [3.05, 3.63) is 39.7 Å². The molecule has 9 nitrogen and oxygen atoms in total. The third kappa shape index (κ3) is 3.41. The van der Waals surface area contributed by atoms with Gasteiger partial charge in [0.15, 0.2) is 11.5 Å². The van der Waals surface area contributed by atoms with E-state index < -0.39 is 35.2 Å². The minimum Gasteiger partial charge on any atom is -0.486 e. The normalized spacial score (nSPS) is 12.9. The summed E-state index contributed by atoms with van der Waals surface area (Å²) in [4.78, 5) is 22.2. The van der Waals surface area contributed by atoms with Crippen LogP contribution in [0.2, 0.25) is 0 Å². The van der Waals surface area contributed by atoms with Gasteiger partial charge in [-0.05, 0) is 19.1 Å². The number of anilines is 1. The van der Waals surface area contributed by atoms with Gasteiger partial charge in [0.05, 0.1) is 4.92 Å². The Hall–Kier alpha value is -3.24. The number of rotatable bonds is 5. The summed E-state index contributed by atoms with van der Waals surface area (Å²) < 4.78 is 37.5. The molecule has 0 saturated heterocycles. The maximum Gasteiger partial charge on any atom is 0.319 e. The van der Waals surface area contributed by atoms with Crippen LogP contribution in [-0.2, 0) is 11.3 Å². The Morgan fingerprint density at radius 2 is 2.08 bits per heavy atom. The van der Waals surface area contributed by atoms with Gasteiger partial charge in [-0.15, -0.1) is 0 Å². The number of carbonyl (C=O) groups is 1. The summed E-state index contributed by atoms with van der Waals surface area (Å²) in [5.41, 5.74) is -1.46. The highest BCUT2D eigenvalue weighted by atomic mass is 19.3. The number of nitrogens with zero attached hydrogens (tertiary/aromatic N) is 3. The van der Waals surface area contributed by atoms with Crippen molar-refractivity contribution in [2.45, 2.75) is 19.9 Å². The second-order valence-corrected chi connectivity index (χ2v) is 5.44. The fourth-order valence-corrected chi connectivity index (χ4v) is 2.54. The van der Waals surface area contributed by atoms with E-state index in [1.165, 1.54) is 6.92 Å². The molecule has 0 bridgehead atoms. The molecule has 26 heavy (non-hydrogen) atoms. The van der Waals surface area contributed by atoms with Crippen LogP contribution < -0.4 is 14.8 Å². The summed E-state index contributed by atoms with van der Waals surface area (Å²) in [7, 11) is 0. The SMILES string of the molecule is Cc1c([N+](=O)[O-])c(C(F)F)nn1CC(=O)Nc1ccc2c(c1)OCCO2. The van der Waals surface area contributed by atoms with Gasteiger partial charge in [-0.25, -0.2) is 8.78 Å². The van der Waals surface area contributed by atoms with Crippen molar-refractivity contribution in [3.63, 3.8) is 0 Å². The van der Waals surface area contributed by atoms with Crippen LogP contribution in [0.1, 0.15) is 17.8 Å². The summed E-state index contributed by atoms with van der Waals surface area (Å²) in [6.45, 7) is 1.63. The van der Waals surface area contributed by atoms with Gasteiger partial charge in [-0.1, -0.05) is 0 Å². The largest absolute Gasteiger partial charge is 0.486 e. The predicted molar refractivity (Wildman–Crippen MR) is 84.6 cm³/mol. The number of hydrogen-bond acceptors (Lipinski definition) is 6. The average Bonchev–Trinajstić information content (AvgIpc) is 2.91. The van der Waals surface area contributed by atoms with E-state index >= 15 is 0 Å².